The van der Waals surface area contributed by atoms with E-state index in [0.29, 0.717) is 12.8 Å². The van der Waals surface area contributed by atoms with E-state index in [1.165, 1.54) is 18.9 Å². The van der Waals surface area contributed by atoms with Crippen molar-refractivity contribution >= 4 is 16.0 Å². The standard InChI is InChI=1S/C20H39NO6S/c1-2-3-6-11-18(22)12-7-4-8-13-19(23)14-9-5-10-15-20(24)21-16-17-28(25,26)27/h10,15,18-19,22-23H,2-9,11-14,16-17H2,1H3,(H,21,24)(H,25,26,27)/b15-10+. The molecular weight excluding hydrogens is 382 g/mol. The molecule has 0 bridgehead atoms. The SMILES string of the molecule is CCCCCC(O)CCCCCC(O)CCC/C=C/C(=O)NCCS(=O)(=O)O. The van der Waals surface area contributed by atoms with E-state index in [1.54, 1.807) is 6.08 Å². The number of nitrogens with one attached hydrogen (secondary N) is 1. The average molecular weight is 422 g/mol. The molecule has 0 fully saturated rings. The molecule has 2 unspecified atom stereocenters. The Hall–Kier alpha value is -0.960. The van der Waals surface area contributed by atoms with Crippen LogP contribution in [0.25, 0.3) is 0 Å². The van der Waals surface area contributed by atoms with E-state index < -0.39 is 21.8 Å². The molecule has 0 rings (SSSR count). The number of unbranched alkanes of at least 4 members (excludes halogenated alkanes) is 5. The molecule has 7 nitrogen and oxygen atoms in total. The van der Waals surface area contributed by atoms with E-state index in [9.17, 15) is 23.4 Å². The zero-order chi connectivity index (χ0) is 21.3. The number of hydrogen-bond acceptors (Lipinski definition) is 5. The number of carbonyl (C=O) groups excluding carboxylic acids is 1. The second-order valence-electron chi connectivity index (χ2n) is 7.35. The van der Waals surface area contributed by atoms with Gasteiger partial charge in [0.05, 0.1) is 18.0 Å². The van der Waals surface area contributed by atoms with E-state index in [1.807, 2.05) is 0 Å². The number of hydrogen-bond donors (Lipinski definition) is 4. The van der Waals surface area contributed by atoms with Crippen LogP contribution in [0.1, 0.15) is 84.0 Å². The molecule has 0 aliphatic heterocycles. The van der Waals surface area contributed by atoms with Crippen LogP contribution in [0.3, 0.4) is 0 Å². The van der Waals surface area contributed by atoms with E-state index in [2.05, 4.69) is 12.2 Å². The molecule has 8 heteroatoms. The van der Waals surface area contributed by atoms with Crippen molar-refractivity contribution in [1.82, 2.24) is 5.32 Å². The lowest BCUT2D eigenvalue weighted by atomic mass is 10.0. The largest absolute Gasteiger partial charge is 0.393 e. The van der Waals surface area contributed by atoms with Crippen molar-refractivity contribution < 1.29 is 28.0 Å². The van der Waals surface area contributed by atoms with Gasteiger partial charge in [0.25, 0.3) is 10.1 Å². The zero-order valence-electron chi connectivity index (χ0n) is 17.2. The molecule has 166 valence electrons. The fourth-order valence-corrected chi connectivity index (χ4v) is 3.24. The summed E-state index contributed by atoms with van der Waals surface area (Å²) in [6, 6.07) is 0. The van der Waals surface area contributed by atoms with Crippen LogP contribution in [0, 0.1) is 0 Å². The van der Waals surface area contributed by atoms with E-state index in [-0.39, 0.29) is 18.8 Å². The van der Waals surface area contributed by atoms with E-state index in [0.717, 1.165) is 51.4 Å². The molecule has 28 heavy (non-hydrogen) atoms. The highest BCUT2D eigenvalue weighted by molar-refractivity contribution is 7.85. The lowest BCUT2D eigenvalue weighted by Gasteiger charge is -2.11. The lowest BCUT2D eigenvalue weighted by Crippen LogP contribution is -2.27. The van der Waals surface area contributed by atoms with Gasteiger partial charge >= 0.3 is 0 Å². The Labute approximate surface area is 170 Å². The number of allylic oxidation sites excluding steroid dienone is 1. The summed E-state index contributed by atoms with van der Waals surface area (Å²) in [5.41, 5.74) is 0. The predicted molar refractivity (Wildman–Crippen MR) is 112 cm³/mol. The molecule has 0 spiro atoms. The summed E-state index contributed by atoms with van der Waals surface area (Å²) < 4.78 is 29.6. The summed E-state index contributed by atoms with van der Waals surface area (Å²) in [4.78, 5) is 11.4. The summed E-state index contributed by atoms with van der Waals surface area (Å²) >= 11 is 0. The molecule has 0 aromatic rings. The van der Waals surface area contributed by atoms with Gasteiger partial charge in [0, 0.05) is 6.54 Å². The molecule has 0 radical (unpaired) electrons. The molecule has 0 saturated carbocycles. The van der Waals surface area contributed by atoms with Gasteiger partial charge in [0.15, 0.2) is 0 Å². The third-order valence-electron chi connectivity index (χ3n) is 4.55. The summed E-state index contributed by atoms with van der Waals surface area (Å²) in [6.45, 7) is 2.03. The molecule has 0 heterocycles. The minimum absolute atomic E-state index is 0.128. The summed E-state index contributed by atoms with van der Waals surface area (Å²) in [5.74, 6) is -0.905. The molecule has 0 aliphatic carbocycles. The van der Waals surface area contributed by atoms with Gasteiger partial charge in [0.1, 0.15) is 0 Å². The maximum Gasteiger partial charge on any atom is 0.266 e. The van der Waals surface area contributed by atoms with Crippen molar-refractivity contribution in [2.45, 2.75) is 96.2 Å². The summed E-state index contributed by atoms with van der Waals surface area (Å²) in [6.07, 6.45) is 13.5. The van der Waals surface area contributed by atoms with Crippen molar-refractivity contribution in [1.29, 1.82) is 0 Å². The second kappa shape index (κ2) is 16.9. The third-order valence-corrected chi connectivity index (χ3v) is 5.27. The van der Waals surface area contributed by atoms with Crippen molar-refractivity contribution in [3.05, 3.63) is 12.2 Å². The van der Waals surface area contributed by atoms with Crippen molar-refractivity contribution in [2.75, 3.05) is 12.3 Å². The molecule has 0 aromatic carbocycles. The monoisotopic (exact) mass is 421 g/mol. The van der Waals surface area contributed by atoms with Crippen LogP contribution in [-0.4, -0.2) is 53.6 Å². The Bertz CT molecular complexity index is 521. The Balaban J connectivity index is 3.56. The normalized spacial score (nSPS) is 14.3. The third kappa shape index (κ3) is 19.8. The maximum absolute atomic E-state index is 11.4. The second-order valence-corrected chi connectivity index (χ2v) is 8.92. The fourth-order valence-electron chi connectivity index (χ4n) is 2.88. The minimum Gasteiger partial charge on any atom is -0.393 e. The van der Waals surface area contributed by atoms with Crippen LogP contribution in [0.5, 0.6) is 0 Å². The number of aliphatic hydroxyl groups excluding tert-OH is 2. The molecule has 4 N–H and O–H groups in total. The lowest BCUT2D eigenvalue weighted by molar-refractivity contribution is -0.116. The Morgan fingerprint density at radius 2 is 1.46 bits per heavy atom. The molecule has 1 amide bonds. The zero-order valence-corrected chi connectivity index (χ0v) is 18.0. The van der Waals surface area contributed by atoms with Gasteiger partial charge in [0.2, 0.25) is 5.91 Å². The maximum atomic E-state index is 11.4. The first kappa shape index (κ1) is 27.0. The van der Waals surface area contributed by atoms with Crippen LogP contribution >= 0.6 is 0 Å². The fraction of sp³-hybridized carbons (Fsp3) is 0.850. The highest BCUT2D eigenvalue weighted by Crippen LogP contribution is 2.14. The first-order chi connectivity index (χ1) is 13.2. The first-order valence-corrected chi connectivity index (χ1v) is 12.1. The predicted octanol–water partition coefficient (Wildman–Crippen LogP) is 2.97. The topological polar surface area (TPSA) is 124 Å². The van der Waals surface area contributed by atoms with Crippen LogP contribution < -0.4 is 5.32 Å². The summed E-state index contributed by atoms with van der Waals surface area (Å²) in [5, 5.41) is 22.2. The Kier molecular flexibility index (Phi) is 16.4. The molecular formula is C20H39NO6S. The summed E-state index contributed by atoms with van der Waals surface area (Å²) in [7, 11) is -4.06. The van der Waals surface area contributed by atoms with Crippen LogP contribution in [-0.2, 0) is 14.9 Å². The average Bonchev–Trinajstić information content (AvgIpc) is 2.60. The van der Waals surface area contributed by atoms with E-state index in [4.69, 9.17) is 4.55 Å². The molecule has 0 aromatic heterocycles. The molecule has 0 aliphatic rings. The quantitative estimate of drug-likeness (QED) is 0.153. The smallest absolute Gasteiger partial charge is 0.266 e. The number of carbonyl (C=O) groups is 1. The number of rotatable bonds is 18. The Morgan fingerprint density at radius 1 is 0.929 bits per heavy atom. The highest BCUT2D eigenvalue weighted by atomic mass is 32.2. The van der Waals surface area contributed by atoms with Gasteiger partial charge in [-0.1, -0.05) is 51.5 Å². The van der Waals surface area contributed by atoms with E-state index >= 15 is 0 Å². The van der Waals surface area contributed by atoms with Gasteiger partial charge in [-0.05, 0) is 44.6 Å². The highest BCUT2D eigenvalue weighted by Gasteiger charge is 2.06. The van der Waals surface area contributed by atoms with Gasteiger partial charge in [-0.3, -0.25) is 9.35 Å². The number of amides is 1. The van der Waals surface area contributed by atoms with Crippen molar-refractivity contribution in [3.8, 4) is 0 Å². The van der Waals surface area contributed by atoms with Crippen LogP contribution in [0.2, 0.25) is 0 Å². The van der Waals surface area contributed by atoms with Gasteiger partial charge < -0.3 is 15.5 Å². The van der Waals surface area contributed by atoms with Gasteiger partial charge in [-0.25, -0.2) is 0 Å². The molecule has 2 atom stereocenters. The molecule has 0 saturated heterocycles. The van der Waals surface area contributed by atoms with Gasteiger partial charge in [-0.2, -0.15) is 8.42 Å². The van der Waals surface area contributed by atoms with Crippen LogP contribution in [0.15, 0.2) is 12.2 Å². The van der Waals surface area contributed by atoms with Crippen molar-refractivity contribution in [3.63, 3.8) is 0 Å². The van der Waals surface area contributed by atoms with Gasteiger partial charge in [-0.15, -0.1) is 0 Å². The minimum atomic E-state index is -4.06. The number of aliphatic hydroxyl groups is 2. The first-order valence-electron chi connectivity index (χ1n) is 10.5. The Morgan fingerprint density at radius 3 is 2.00 bits per heavy atom. The van der Waals surface area contributed by atoms with Crippen LogP contribution in [0.4, 0.5) is 0 Å². The van der Waals surface area contributed by atoms with Crippen molar-refractivity contribution in [2.24, 2.45) is 0 Å².